The highest BCUT2D eigenvalue weighted by atomic mass is 14.7. The van der Waals surface area contributed by atoms with Crippen LogP contribution in [-0.4, -0.2) is 6.04 Å². The predicted molar refractivity (Wildman–Crippen MR) is 83.9 cm³/mol. The molecule has 110 valence electrons. The second-order valence-electron chi connectivity index (χ2n) is 8.64. The number of fused-ring (bicyclic) bond motifs is 1. The van der Waals surface area contributed by atoms with Crippen molar-refractivity contribution < 1.29 is 0 Å². The Morgan fingerprint density at radius 1 is 1.32 bits per heavy atom. The maximum absolute atomic E-state index is 6.21. The third-order valence-corrected chi connectivity index (χ3v) is 5.79. The first-order valence-corrected chi connectivity index (χ1v) is 8.11. The van der Waals surface area contributed by atoms with Gasteiger partial charge in [-0.3, -0.25) is 0 Å². The molecule has 2 rings (SSSR count). The average Bonchev–Trinajstić information content (AvgIpc) is 2.26. The quantitative estimate of drug-likeness (QED) is 0.678. The molecule has 2 unspecified atom stereocenters. The fraction of sp³-hybridized carbons (Fsp3) is 0.889. The van der Waals surface area contributed by atoms with Crippen molar-refractivity contribution in [3.63, 3.8) is 0 Å². The smallest absolute Gasteiger partial charge is 0.00766 e. The number of hydrogen-bond donors (Lipinski definition) is 1. The Bertz CT molecular complexity index is 360. The average molecular weight is 263 g/mol. The van der Waals surface area contributed by atoms with Gasteiger partial charge >= 0.3 is 0 Å². The normalized spacial score (nSPS) is 40.0. The highest BCUT2D eigenvalue weighted by Gasteiger charge is 2.51. The summed E-state index contributed by atoms with van der Waals surface area (Å²) in [6.45, 7) is 14.6. The van der Waals surface area contributed by atoms with Crippen molar-refractivity contribution >= 4 is 0 Å². The lowest BCUT2D eigenvalue weighted by atomic mass is 9.49. The molecule has 2 N–H and O–H groups in total. The maximum Gasteiger partial charge on any atom is 0.00766 e. The molecule has 0 amide bonds. The van der Waals surface area contributed by atoms with E-state index in [1.54, 1.807) is 5.57 Å². The lowest BCUT2D eigenvalue weighted by Gasteiger charge is -2.56. The molecule has 0 saturated heterocycles. The van der Waals surface area contributed by atoms with E-state index in [1.807, 2.05) is 0 Å². The van der Waals surface area contributed by atoms with E-state index < -0.39 is 0 Å². The molecule has 2 aliphatic carbocycles. The van der Waals surface area contributed by atoms with Crippen LogP contribution in [0.5, 0.6) is 0 Å². The summed E-state index contributed by atoms with van der Waals surface area (Å²) in [4.78, 5) is 0. The highest BCUT2D eigenvalue weighted by molar-refractivity contribution is 5.25. The van der Waals surface area contributed by atoms with Crippen LogP contribution in [0, 0.1) is 28.6 Å². The zero-order valence-corrected chi connectivity index (χ0v) is 13.8. The van der Waals surface area contributed by atoms with Crippen LogP contribution in [0.2, 0.25) is 0 Å². The van der Waals surface area contributed by atoms with E-state index in [-0.39, 0.29) is 0 Å². The SMILES string of the molecule is CC(C)C1CC=C2C[C@H](N)CC[C@]2(C)C1C(C)(C)C. The second-order valence-corrected chi connectivity index (χ2v) is 8.64. The second kappa shape index (κ2) is 4.91. The molecule has 0 spiro atoms. The first-order chi connectivity index (χ1) is 8.66. The van der Waals surface area contributed by atoms with Crippen LogP contribution in [0.15, 0.2) is 11.6 Å². The Morgan fingerprint density at radius 3 is 2.47 bits per heavy atom. The topological polar surface area (TPSA) is 26.0 Å². The molecule has 0 aromatic rings. The molecule has 4 atom stereocenters. The van der Waals surface area contributed by atoms with Crippen LogP contribution >= 0.6 is 0 Å². The van der Waals surface area contributed by atoms with E-state index in [0.717, 1.165) is 24.2 Å². The van der Waals surface area contributed by atoms with Gasteiger partial charge in [0, 0.05) is 6.04 Å². The predicted octanol–water partition coefficient (Wildman–Crippen LogP) is 4.77. The van der Waals surface area contributed by atoms with Gasteiger partial charge in [0.05, 0.1) is 0 Å². The zero-order valence-electron chi connectivity index (χ0n) is 13.8. The van der Waals surface area contributed by atoms with Gasteiger partial charge in [-0.15, -0.1) is 0 Å². The first kappa shape index (κ1) is 15.1. The van der Waals surface area contributed by atoms with Gasteiger partial charge in [-0.1, -0.05) is 53.2 Å². The number of hydrogen-bond acceptors (Lipinski definition) is 1. The van der Waals surface area contributed by atoms with Gasteiger partial charge in [-0.25, -0.2) is 0 Å². The molecule has 0 aliphatic heterocycles. The molecule has 0 bridgehead atoms. The minimum absolute atomic E-state index is 0.380. The molecular formula is C18H33N. The van der Waals surface area contributed by atoms with Gasteiger partial charge < -0.3 is 5.73 Å². The van der Waals surface area contributed by atoms with E-state index in [4.69, 9.17) is 5.73 Å². The van der Waals surface area contributed by atoms with Crippen molar-refractivity contribution in [3.8, 4) is 0 Å². The van der Waals surface area contributed by atoms with Crippen molar-refractivity contribution in [2.24, 2.45) is 34.3 Å². The molecule has 2 aliphatic rings. The van der Waals surface area contributed by atoms with Crippen molar-refractivity contribution in [3.05, 3.63) is 11.6 Å². The summed E-state index contributed by atoms with van der Waals surface area (Å²) in [5.41, 5.74) is 8.65. The lowest BCUT2D eigenvalue weighted by Crippen LogP contribution is -2.49. The maximum atomic E-state index is 6.21. The molecule has 1 fully saturated rings. The Hall–Kier alpha value is -0.300. The van der Waals surface area contributed by atoms with Crippen LogP contribution < -0.4 is 5.73 Å². The molecule has 1 saturated carbocycles. The third-order valence-electron chi connectivity index (χ3n) is 5.79. The minimum Gasteiger partial charge on any atom is -0.327 e. The van der Waals surface area contributed by atoms with E-state index >= 15 is 0 Å². The van der Waals surface area contributed by atoms with Gasteiger partial charge in [-0.2, -0.15) is 0 Å². The fourth-order valence-corrected chi connectivity index (χ4v) is 5.08. The minimum atomic E-state index is 0.380. The lowest BCUT2D eigenvalue weighted by molar-refractivity contribution is -0.00491. The Balaban J connectivity index is 2.42. The van der Waals surface area contributed by atoms with Crippen molar-refractivity contribution in [2.75, 3.05) is 0 Å². The summed E-state index contributed by atoms with van der Waals surface area (Å²) in [7, 11) is 0. The number of nitrogens with two attached hydrogens (primary N) is 1. The van der Waals surface area contributed by atoms with E-state index in [0.29, 0.717) is 16.9 Å². The first-order valence-electron chi connectivity index (χ1n) is 8.11. The largest absolute Gasteiger partial charge is 0.327 e. The van der Waals surface area contributed by atoms with Crippen LogP contribution in [0.4, 0.5) is 0 Å². The van der Waals surface area contributed by atoms with Crippen molar-refractivity contribution in [1.82, 2.24) is 0 Å². The zero-order chi connectivity index (χ0) is 14.4. The monoisotopic (exact) mass is 263 g/mol. The molecule has 0 aromatic heterocycles. The van der Waals surface area contributed by atoms with Gasteiger partial charge in [0.2, 0.25) is 0 Å². The molecule has 0 heterocycles. The molecule has 0 radical (unpaired) electrons. The van der Waals surface area contributed by atoms with Crippen LogP contribution in [0.3, 0.4) is 0 Å². The van der Waals surface area contributed by atoms with Crippen LogP contribution in [0.25, 0.3) is 0 Å². The van der Waals surface area contributed by atoms with Gasteiger partial charge in [0.25, 0.3) is 0 Å². The molecular weight excluding hydrogens is 230 g/mol. The Kier molecular flexibility index (Phi) is 3.90. The van der Waals surface area contributed by atoms with Crippen molar-refractivity contribution in [1.29, 1.82) is 0 Å². The Labute approximate surface area is 120 Å². The number of allylic oxidation sites excluding steroid dienone is 1. The summed E-state index contributed by atoms with van der Waals surface area (Å²) in [5, 5.41) is 0. The van der Waals surface area contributed by atoms with E-state index in [2.05, 4.69) is 47.6 Å². The third kappa shape index (κ3) is 2.63. The van der Waals surface area contributed by atoms with Gasteiger partial charge in [0.1, 0.15) is 0 Å². The van der Waals surface area contributed by atoms with Crippen molar-refractivity contribution in [2.45, 2.75) is 73.3 Å². The molecule has 1 heteroatoms. The summed E-state index contributed by atoms with van der Waals surface area (Å²) in [5.74, 6) is 2.38. The van der Waals surface area contributed by atoms with Gasteiger partial charge in [0.15, 0.2) is 0 Å². The molecule has 19 heavy (non-hydrogen) atoms. The van der Waals surface area contributed by atoms with E-state index in [9.17, 15) is 0 Å². The fourth-order valence-electron chi connectivity index (χ4n) is 5.08. The highest BCUT2D eigenvalue weighted by Crippen LogP contribution is 2.59. The van der Waals surface area contributed by atoms with Gasteiger partial charge in [-0.05, 0) is 54.3 Å². The van der Waals surface area contributed by atoms with Crippen LogP contribution in [-0.2, 0) is 0 Å². The summed E-state index contributed by atoms with van der Waals surface area (Å²) in [6, 6.07) is 0.399. The van der Waals surface area contributed by atoms with E-state index in [1.165, 1.54) is 19.3 Å². The summed E-state index contributed by atoms with van der Waals surface area (Å²) >= 11 is 0. The Morgan fingerprint density at radius 2 is 1.95 bits per heavy atom. The van der Waals surface area contributed by atoms with Crippen LogP contribution in [0.1, 0.15) is 67.2 Å². The summed E-state index contributed by atoms with van der Waals surface area (Å²) in [6.07, 6.45) is 7.42. The standard InChI is InChI=1S/C18H33N/c1-12(2)15-8-7-13-11-14(19)9-10-18(13,6)16(15)17(3,4)5/h7,12,14-16H,8-11,19H2,1-6H3/t14-,15?,16?,18+/m1/s1. The number of rotatable bonds is 1. The molecule has 1 nitrogen and oxygen atoms in total. The summed E-state index contributed by atoms with van der Waals surface area (Å²) < 4.78 is 0. The molecule has 0 aromatic carbocycles.